The molecule has 1 N–H and O–H groups in total. The van der Waals surface area contributed by atoms with Gasteiger partial charge in [0.25, 0.3) is 0 Å². The second kappa shape index (κ2) is 6.03. The van der Waals surface area contributed by atoms with Crippen LogP contribution >= 0.6 is 0 Å². The van der Waals surface area contributed by atoms with Crippen LogP contribution < -0.4 is 5.32 Å². The maximum atomic E-state index is 3.82. The molecule has 110 valence electrons. The molecule has 0 aromatic heterocycles. The molecule has 1 aliphatic rings. The maximum Gasteiger partial charge on any atom is 0.0331 e. The topological polar surface area (TPSA) is 12.0 Å². The van der Waals surface area contributed by atoms with Crippen molar-refractivity contribution in [1.29, 1.82) is 0 Å². The number of aryl methyl sites for hydroxylation is 3. The summed E-state index contributed by atoms with van der Waals surface area (Å²) in [7, 11) is 0. The summed E-state index contributed by atoms with van der Waals surface area (Å²) in [6.45, 7) is 6.66. The highest BCUT2D eigenvalue weighted by molar-refractivity contribution is 5.38. The van der Waals surface area contributed by atoms with Crippen molar-refractivity contribution in [2.75, 3.05) is 0 Å². The first-order valence-corrected chi connectivity index (χ1v) is 8.11. The molecule has 0 amide bonds. The van der Waals surface area contributed by atoms with Crippen molar-refractivity contribution in [1.82, 2.24) is 5.32 Å². The lowest BCUT2D eigenvalue weighted by Crippen LogP contribution is -2.23. The van der Waals surface area contributed by atoms with E-state index in [4.69, 9.17) is 0 Å². The molecule has 21 heavy (non-hydrogen) atoms. The molecule has 2 aromatic carbocycles. The van der Waals surface area contributed by atoms with Crippen LogP contribution in [0.4, 0.5) is 0 Å². The van der Waals surface area contributed by atoms with Crippen molar-refractivity contribution in [3.8, 4) is 0 Å². The van der Waals surface area contributed by atoms with Gasteiger partial charge in [-0.1, -0.05) is 55.0 Å². The Morgan fingerprint density at radius 1 is 1.14 bits per heavy atom. The molecule has 2 unspecified atom stereocenters. The Balaban J connectivity index is 1.74. The number of hydrogen-bond donors (Lipinski definition) is 1. The fourth-order valence-electron chi connectivity index (χ4n) is 3.33. The van der Waals surface area contributed by atoms with Crippen molar-refractivity contribution < 1.29 is 0 Å². The van der Waals surface area contributed by atoms with Crippen LogP contribution in [0, 0.1) is 6.92 Å². The van der Waals surface area contributed by atoms with E-state index in [0.29, 0.717) is 12.1 Å². The molecule has 2 atom stereocenters. The first-order valence-electron chi connectivity index (χ1n) is 8.11. The monoisotopic (exact) mass is 279 g/mol. The molecule has 0 saturated carbocycles. The second-order valence-corrected chi connectivity index (χ2v) is 6.28. The normalized spacial score (nSPS) is 18.5. The average molecular weight is 279 g/mol. The fourth-order valence-corrected chi connectivity index (χ4v) is 3.33. The van der Waals surface area contributed by atoms with E-state index in [1.54, 1.807) is 0 Å². The molecular formula is C20H25N. The zero-order valence-corrected chi connectivity index (χ0v) is 13.3. The summed E-state index contributed by atoms with van der Waals surface area (Å²) in [4.78, 5) is 0. The standard InChI is InChI=1S/C20H25N/c1-4-16-6-9-17(10-7-16)15(3)21-20-12-11-18-8-5-14(2)13-19(18)20/h5-10,13,15,20-21H,4,11-12H2,1-3H3. The van der Waals surface area contributed by atoms with Crippen LogP contribution in [0.3, 0.4) is 0 Å². The Morgan fingerprint density at radius 3 is 2.62 bits per heavy atom. The van der Waals surface area contributed by atoms with E-state index in [1.807, 2.05) is 0 Å². The molecule has 0 heterocycles. The number of fused-ring (bicyclic) bond motifs is 1. The summed E-state index contributed by atoms with van der Waals surface area (Å²) in [6, 6.07) is 16.8. The smallest absolute Gasteiger partial charge is 0.0331 e. The predicted molar refractivity (Wildman–Crippen MR) is 89.6 cm³/mol. The number of benzene rings is 2. The van der Waals surface area contributed by atoms with Gasteiger partial charge < -0.3 is 5.32 Å². The molecule has 0 fully saturated rings. The first kappa shape index (κ1) is 14.3. The second-order valence-electron chi connectivity index (χ2n) is 6.28. The lowest BCUT2D eigenvalue weighted by atomic mass is 10.0. The van der Waals surface area contributed by atoms with E-state index < -0.39 is 0 Å². The number of rotatable bonds is 4. The largest absolute Gasteiger partial charge is 0.303 e. The highest BCUT2D eigenvalue weighted by Gasteiger charge is 2.23. The molecule has 3 rings (SSSR count). The number of nitrogens with one attached hydrogen (secondary N) is 1. The van der Waals surface area contributed by atoms with Gasteiger partial charge in [-0.3, -0.25) is 0 Å². The van der Waals surface area contributed by atoms with Crippen molar-refractivity contribution >= 4 is 0 Å². The Bertz CT molecular complexity index is 612. The summed E-state index contributed by atoms with van der Waals surface area (Å²) in [5.41, 5.74) is 7.18. The lowest BCUT2D eigenvalue weighted by molar-refractivity contribution is 0.465. The summed E-state index contributed by atoms with van der Waals surface area (Å²) in [6.07, 6.45) is 3.53. The third-order valence-electron chi connectivity index (χ3n) is 4.72. The van der Waals surface area contributed by atoms with E-state index >= 15 is 0 Å². The minimum atomic E-state index is 0.396. The molecule has 1 heteroatoms. The molecule has 1 aliphatic carbocycles. The fraction of sp³-hybridized carbons (Fsp3) is 0.400. The minimum absolute atomic E-state index is 0.396. The van der Waals surface area contributed by atoms with Crippen molar-refractivity contribution in [2.45, 2.75) is 52.1 Å². The van der Waals surface area contributed by atoms with E-state index in [2.05, 4.69) is 68.6 Å². The first-order chi connectivity index (χ1) is 10.2. The van der Waals surface area contributed by atoms with Gasteiger partial charge >= 0.3 is 0 Å². The number of hydrogen-bond acceptors (Lipinski definition) is 1. The van der Waals surface area contributed by atoms with Gasteiger partial charge in [-0.25, -0.2) is 0 Å². The van der Waals surface area contributed by atoms with Gasteiger partial charge in [-0.2, -0.15) is 0 Å². The van der Waals surface area contributed by atoms with Crippen LogP contribution in [0.15, 0.2) is 42.5 Å². The zero-order chi connectivity index (χ0) is 14.8. The molecule has 1 nitrogen and oxygen atoms in total. The van der Waals surface area contributed by atoms with Gasteiger partial charge in [0.1, 0.15) is 0 Å². The van der Waals surface area contributed by atoms with E-state index in [-0.39, 0.29) is 0 Å². The van der Waals surface area contributed by atoms with E-state index in [0.717, 1.165) is 6.42 Å². The third kappa shape index (κ3) is 3.03. The van der Waals surface area contributed by atoms with E-state index in [1.165, 1.54) is 40.7 Å². The highest BCUT2D eigenvalue weighted by Crippen LogP contribution is 2.33. The van der Waals surface area contributed by atoms with Crippen LogP contribution in [0.1, 0.15) is 60.2 Å². The van der Waals surface area contributed by atoms with Crippen LogP contribution in [0.5, 0.6) is 0 Å². The SMILES string of the molecule is CCc1ccc(C(C)NC2CCc3ccc(C)cc32)cc1. The molecule has 0 radical (unpaired) electrons. The minimum Gasteiger partial charge on any atom is -0.303 e. The highest BCUT2D eigenvalue weighted by atomic mass is 14.9. The molecule has 0 saturated heterocycles. The summed E-state index contributed by atoms with van der Waals surface area (Å²) >= 11 is 0. The van der Waals surface area contributed by atoms with Gasteiger partial charge in [-0.15, -0.1) is 0 Å². The van der Waals surface area contributed by atoms with Crippen molar-refractivity contribution in [2.24, 2.45) is 0 Å². The lowest BCUT2D eigenvalue weighted by Gasteiger charge is -2.21. The Morgan fingerprint density at radius 2 is 1.90 bits per heavy atom. The predicted octanol–water partition coefficient (Wildman–Crippen LogP) is 4.90. The molecular weight excluding hydrogens is 254 g/mol. The summed E-state index contributed by atoms with van der Waals surface area (Å²) < 4.78 is 0. The molecule has 0 aliphatic heterocycles. The van der Waals surface area contributed by atoms with Gasteiger partial charge in [0, 0.05) is 12.1 Å². The third-order valence-corrected chi connectivity index (χ3v) is 4.72. The van der Waals surface area contributed by atoms with Gasteiger partial charge in [0.15, 0.2) is 0 Å². The maximum absolute atomic E-state index is 3.82. The van der Waals surface area contributed by atoms with Gasteiger partial charge in [-0.05, 0) is 55.4 Å². The quantitative estimate of drug-likeness (QED) is 0.839. The molecule has 2 aromatic rings. The summed E-state index contributed by atoms with van der Waals surface area (Å²) in [5, 5.41) is 3.82. The zero-order valence-electron chi connectivity index (χ0n) is 13.3. The Hall–Kier alpha value is -1.60. The average Bonchev–Trinajstić information content (AvgIpc) is 2.89. The molecule has 0 bridgehead atoms. The van der Waals surface area contributed by atoms with Crippen LogP contribution in [0.25, 0.3) is 0 Å². The Labute approximate surface area is 128 Å². The Kier molecular flexibility index (Phi) is 4.12. The van der Waals surface area contributed by atoms with Crippen LogP contribution in [-0.4, -0.2) is 0 Å². The van der Waals surface area contributed by atoms with Crippen LogP contribution in [0.2, 0.25) is 0 Å². The van der Waals surface area contributed by atoms with Gasteiger partial charge in [0.05, 0.1) is 0 Å². The molecule has 0 spiro atoms. The summed E-state index contributed by atoms with van der Waals surface area (Å²) in [5.74, 6) is 0. The van der Waals surface area contributed by atoms with Crippen molar-refractivity contribution in [3.05, 3.63) is 70.3 Å². The van der Waals surface area contributed by atoms with E-state index in [9.17, 15) is 0 Å². The van der Waals surface area contributed by atoms with Gasteiger partial charge in [0.2, 0.25) is 0 Å². The van der Waals surface area contributed by atoms with Crippen molar-refractivity contribution in [3.63, 3.8) is 0 Å². The van der Waals surface area contributed by atoms with Crippen LogP contribution in [-0.2, 0) is 12.8 Å².